The van der Waals surface area contributed by atoms with Gasteiger partial charge in [-0.3, -0.25) is 4.79 Å². The molecule has 1 amide bonds. The molecule has 3 rings (SSSR count). The van der Waals surface area contributed by atoms with E-state index in [4.69, 9.17) is 4.74 Å². The molecule has 1 saturated heterocycles. The molecule has 1 aromatic carbocycles. The van der Waals surface area contributed by atoms with Gasteiger partial charge in [0.2, 0.25) is 5.91 Å². The number of hydrogen-bond acceptors (Lipinski definition) is 3. The van der Waals surface area contributed by atoms with E-state index in [0.717, 1.165) is 19.4 Å². The average molecular weight is 260 g/mol. The van der Waals surface area contributed by atoms with E-state index in [1.807, 2.05) is 23.1 Å². The summed E-state index contributed by atoms with van der Waals surface area (Å²) in [5.41, 5.74) is 1.19. The molecule has 1 aromatic rings. The normalized spacial score (nSPS) is 23.1. The SMILES string of the molecule is O=C(C1COCCN1)N(Cc1ccccc1)C1CC1. The van der Waals surface area contributed by atoms with Crippen molar-refractivity contribution in [1.82, 2.24) is 10.2 Å². The topological polar surface area (TPSA) is 41.6 Å². The zero-order valence-corrected chi connectivity index (χ0v) is 11.0. The van der Waals surface area contributed by atoms with Crippen molar-refractivity contribution in [2.24, 2.45) is 0 Å². The Balaban J connectivity index is 1.68. The van der Waals surface area contributed by atoms with Crippen molar-refractivity contribution >= 4 is 5.91 Å². The van der Waals surface area contributed by atoms with E-state index in [1.54, 1.807) is 0 Å². The fourth-order valence-corrected chi connectivity index (χ4v) is 2.48. The Labute approximate surface area is 113 Å². The molecule has 4 heteroatoms. The van der Waals surface area contributed by atoms with Crippen LogP contribution in [0.25, 0.3) is 0 Å². The second-order valence-electron chi connectivity index (χ2n) is 5.26. The van der Waals surface area contributed by atoms with Crippen LogP contribution in [0.1, 0.15) is 18.4 Å². The third kappa shape index (κ3) is 3.14. The molecule has 0 aromatic heterocycles. The summed E-state index contributed by atoms with van der Waals surface area (Å²) in [6, 6.07) is 10.5. The van der Waals surface area contributed by atoms with Gasteiger partial charge in [-0.25, -0.2) is 0 Å². The van der Waals surface area contributed by atoms with Gasteiger partial charge < -0.3 is 15.0 Å². The summed E-state index contributed by atoms with van der Waals surface area (Å²) in [6.45, 7) is 2.67. The molecule has 1 heterocycles. The second-order valence-corrected chi connectivity index (χ2v) is 5.26. The third-order valence-corrected chi connectivity index (χ3v) is 3.69. The molecular formula is C15H20N2O2. The van der Waals surface area contributed by atoms with Crippen LogP contribution in [0.2, 0.25) is 0 Å². The molecule has 1 saturated carbocycles. The summed E-state index contributed by atoms with van der Waals surface area (Å²) in [5.74, 6) is 0.186. The first kappa shape index (κ1) is 12.6. The Morgan fingerprint density at radius 1 is 1.32 bits per heavy atom. The molecule has 1 aliphatic heterocycles. The van der Waals surface area contributed by atoms with Crippen LogP contribution in [-0.4, -0.2) is 42.6 Å². The van der Waals surface area contributed by atoms with Crippen molar-refractivity contribution in [1.29, 1.82) is 0 Å². The highest BCUT2D eigenvalue weighted by Gasteiger charge is 2.36. The maximum Gasteiger partial charge on any atom is 0.242 e. The van der Waals surface area contributed by atoms with Gasteiger partial charge in [-0.05, 0) is 18.4 Å². The molecule has 4 nitrogen and oxygen atoms in total. The van der Waals surface area contributed by atoms with E-state index in [9.17, 15) is 4.79 Å². The zero-order valence-electron chi connectivity index (χ0n) is 11.0. The fourth-order valence-electron chi connectivity index (χ4n) is 2.48. The van der Waals surface area contributed by atoms with Crippen molar-refractivity contribution in [3.05, 3.63) is 35.9 Å². The molecule has 2 fully saturated rings. The Bertz CT molecular complexity index is 425. The lowest BCUT2D eigenvalue weighted by molar-refractivity contribution is -0.137. The first-order valence-electron chi connectivity index (χ1n) is 7.00. The van der Waals surface area contributed by atoms with Crippen LogP contribution in [-0.2, 0) is 16.1 Å². The first-order chi connectivity index (χ1) is 9.34. The van der Waals surface area contributed by atoms with Gasteiger partial charge in [0.1, 0.15) is 6.04 Å². The van der Waals surface area contributed by atoms with E-state index in [0.29, 0.717) is 25.8 Å². The quantitative estimate of drug-likeness (QED) is 0.883. The van der Waals surface area contributed by atoms with Crippen LogP contribution >= 0.6 is 0 Å². The number of carbonyl (C=O) groups excluding carboxylic acids is 1. The van der Waals surface area contributed by atoms with Crippen LogP contribution in [0.5, 0.6) is 0 Å². The summed E-state index contributed by atoms with van der Waals surface area (Å²) in [5, 5.41) is 3.25. The lowest BCUT2D eigenvalue weighted by Gasteiger charge is -2.30. The Morgan fingerprint density at radius 2 is 2.11 bits per heavy atom. The Hall–Kier alpha value is -1.39. The van der Waals surface area contributed by atoms with Crippen molar-refractivity contribution in [2.75, 3.05) is 19.8 Å². The van der Waals surface area contributed by atoms with Gasteiger partial charge in [0, 0.05) is 19.1 Å². The van der Waals surface area contributed by atoms with E-state index >= 15 is 0 Å². The predicted octanol–water partition coefficient (Wildman–Crippen LogP) is 1.17. The van der Waals surface area contributed by atoms with Crippen molar-refractivity contribution in [3.63, 3.8) is 0 Å². The number of benzene rings is 1. The number of nitrogens with zero attached hydrogens (tertiary/aromatic N) is 1. The lowest BCUT2D eigenvalue weighted by Crippen LogP contribution is -2.52. The molecule has 0 spiro atoms. The number of amides is 1. The number of nitrogens with one attached hydrogen (secondary N) is 1. The van der Waals surface area contributed by atoms with Crippen LogP contribution in [0.3, 0.4) is 0 Å². The molecule has 1 N–H and O–H groups in total. The maximum atomic E-state index is 12.6. The summed E-state index contributed by atoms with van der Waals surface area (Å²) in [6.07, 6.45) is 2.26. The molecule has 102 valence electrons. The molecular weight excluding hydrogens is 240 g/mol. The highest BCUT2D eigenvalue weighted by atomic mass is 16.5. The van der Waals surface area contributed by atoms with Crippen LogP contribution in [0.4, 0.5) is 0 Å². The van der Waals surface area contributed by atoms with E-state index in [-0.39, 0.29) is 11.9 Å². The maximum absolute atomic E-state index is 12.6. The Morgan fingerprint density at radius 3 is 2.74 bits per heavy atom. The molecule has 2 aliphatic rings. The van der Waals surface area contributed by atoms with Crippen molar-refractivity contribution in [2.45, 2.75) is 31.5 Å². The van der Waals surface area contributed by atoms with Gasteiger partial charge in [0.15, 0.2) is 0 Å². The monoisotopic (exact) mass is 260 g/mol. The zero-order chi connectivity index (χ0) is 13.1. The molecule has 0 bridgehead atoms. The van der Waals surface area contributed by atoms with E-state index in [1.165, 1.54) is 5.56 Å². The summed E-state index contributed by atoms with van der Waals surface area (Å²) in [4.78, 5) is 14.6. The minimum absolute atomic E-state index is 0.168. The minimum Gasteiger partial charge on any atom is -0.378 e. The second kappa shape index (κ2) is 5.72. The van der Waals surface area contributed by atoms with Gasteiger partial charge in [-0.1, -0.05) is 30.3 Å². The lowest BCUT2D eigenvalue weighted by atomic mass is 10.1. The van der Waals surface area contributed by atoms with Crippen LogP contribution in [0, 0.1) is 0 Å². The smallest absolute Gasteiger partial charge is 0.242 e. The van der Waals surface area contributed by atoms with Crippen LogP contribution < -0.4 is 5.32 Å². The third-order valence-electron chi connectivity index (χ3n) is 3.69. The van der Waals surface area contributed by atoms with Gasteiger partial charge >= 0.3 is 0 Å². The van der Waals surface area contributed by atoms with Crippen molar-refractivity contribution < 1.29 is 9.53 Å². The average Bonchev–Trinajstić information content (AvgIpc) is 3.31. The van der Waals surface area contributed by atoms with Gasteiger partial charge in [-0.2, -0.15) is 0 Å². The number of hydrogen-bond donors (Lipinski definition) is 1. The summed E-state index contributed by atoms with van der Waals surface area (Å²) in [7, 11) is 0. The van der Waals surface area contributed by atoms with E-state index < -0.39 is 0 Å². The molecule has 1 atom stereocenters. The number of carbonyl (C=O) groups is 1. The van der Waals surface area contributed by atoms with Crippen LogP contribution in [0.15, 0.2) is 30.3 Å². The summed E-state index contributed by atoms with van der Waals surface area (Å²) >= 11 is 0. The van der Waals surface area contributed by atoms with Gasteiger partial charge in [0.25, 0.3) is 0 Å². The minimum atomic E-state index is -0.168. The standard InChI is InChI=1S/C15H20N2O2/c18-15(14-11-19-9-8-16-14)17(13-6-7-13)10-12-4-2-1-3-5-12/h1-5,13-14,16H,6-11H2. The predicted molar refractivity (Wildman–Crippen MR) is 72.6 cm³/mol. The van der Waals surface area contributed by atoms with Gasteiger partial charge in [-0.15, -0.1) is 0 Å². The molecule has 0 radical (unpaired) electrons. The highest BCUT2D eigenvalue weighted by Crippen LogP contribution is 2.29. The van der Waals surface area contributed by atoms with Gasteiger partial charge in [0.05, 0.1) is 13.2 Å². The Kier molecular flexibility index (Phi) is 3.80. The number of morpholine rings is 1. The fraction of sp³-hybridized carbons (Fsp3) is 0.533. The van der Waals surface area contributed by atoms with E-state index in [2.05, 4.69) is 17.4 Å². The molecule has 1 aliphatic carbocycles. The number of ether oxygens (including phenoxy) is 1. The molecule has 1 unspecified atom stereocenters. The van der Waals surface area contributed by atoms with Crippen molar-refractivity contribution in [3.8, 4) is 0 Å². The number of rotatable bonds is 4. The highest BCUT2D eigenvalue weighted by molar-refractivity contribution is 5.82. The largest absolute Gasteiger partial charge is 0.378 e. The summed E-state index contributed by atoms with van der Waals surface area (Å²) < 4.78 is 5.39. The molecule has 19 heavy (non-hydrogen) atoms. The first-order valence-corrected chi connectivity index (χ1v) is 7.00.